The maximum atomic E-state index is 5.83. The first kappa shape index (κ1) is 13.4. The van der Waals surface area contributed by atoms with E-state index < -0.39 is 0 Å². The van der Waals surface area contributed by atoms with Crippen LogP contribution in [0.1, 0.15) is 44.9 Å². The lowest BCUT2D eigenvalue weighted by Gasteiger charge is -2.13. The minimum absolute atomic E-state index is 0.284. The predicted octanol–water partition coefficient (Wildman–Crippen LogP) is 1.96. The van der Waals surface area contributed by atoms with Gasteiger partial charge >= 0.3 is 0 Å². The van der Waals surface area contributed by atoms with Crippen LogP contribution in [-0.4, -0.2) is 31.8 Å². The zero-order valence-electron chi connectivity index (χ0n) is 11.2. The number of allylic oxidation sites excluding steroid dienone is 1. The van der Waals surface area contributed by atoms with Crippen LogP contribution in [0, 0.1) is 0 Å². The second-order valence-electron chi connectivity index (χ2n) is 5.15. The summed E-state index contributed by atoms with van der Waals surface area (Å²) in [4.78, 5) is 4.33. The molecule has 1 fully saturated rings. The quantitative estimate of drug-likeness (QED) is 0.446. The number of hydrogen-bond donors (Lipinski definition) is 2. The molecule has 1 unspecified atom stereocenters. The Hall–Kier alpha value is -1.03. The van der Waals surface area contributed by atoms with E-state index in [1.807, 2.05) is 0 Å². The minimum atomic E-state index is 0.284. The van der Waals surface area contributed by atoms with E-state index in [0.717, 1.165) is 32.4 Å². The van der Waals surface area contributed by atoms with E-state index in [-0.39, 0.29) is 6.10 Å². The third-order valence-corrected chi connectivity index (χ3v) is 3.63. The second kappa shape index (κ2) is 7.41. The zero-order valence-corrected chi connectivity index (χ0v) is 11.2. The Bertz CT molecular complexity index is 306. The van der Waals surface area contributed by atoms with Gasteiger partial charge in [-0.3, -0.25) is 4.99 Å². The van der Waals surface area contributed by atoms with E-state index in [0.29, 0.717) is 12.5 Å². The van der Waals surface area contributed by atoms with Gasteiger partial charge in [0.05, 0.1) is 12.6 Å². The Labute approximate surface area is 110 Å². The number of aliphatic imine (C=N–C) groups is 1. The average Bonchev–Trinajstić information content (AvgIpc) is 2.91. The van der Waals surface area contributed by atoms with Crippen LogP contribution in [0.4, 0.5) is 0 Å². The highest BCUT2D eigenvalue weighted by Crippen LogP contribution is 2.19. The van der Waals surface area contributed by atoms with Crippen LogP contribution in [0.15, 0.2) is 16.6 Å². The molecule has 0 bridgehead atoms. The van der Waals surface area contributed by atoms with E-state index in [9.17, 15) is 0 Å². The summed E-state index contributed by atoms with van der Waals surface area (Å²) in [6.07, 6.45) is 11.2. The van der Waals surface area contributed by atoms with Crippen molar-refractivity contribution in [2.45, 2.75) is 51.0 Å². The third-order valence-electron chi connectivity index (χ3n) is 3.63. The van der Waals surface area contributed by atoms with Crippen molar-refractivity contribution in [3.05, 3.63) is 11.6 Å². The molecule has 0 spiro atoms. The molecule has 0 amide bonds. The van der Waals surface area contributed by atoms with Crippen LogP contribution in [-0.2, 0) is 4.74 Å². The number of hydrogen-bond acceptors (Lipinski definition) is 2. The fraction of sp³-hybridized carbons (Fsp3) is 0.786. The van der Waals surface area contributed by atoms with E-state index in [1.54, 1.807) is 5.57 Å². The molecular formula is C14H25N3O. The van der Waals surface area contributed by atoms with Gasteiger partial charge in [-0.1, -0.05) is 11.6 Å². The summed E-state index contributed by atoms with van der Waals surface area (Å²) in [6, 6.07) is 0. The summed E-state index contributed by atoms with van der Waals surface area (Å²) in [5, 5.41) is 3.19. The lowest BCUT2D eigenvalue weighted by atomic mass is 9.97. The highest BCUT2D eigenvalue weighted by atomic mass is 16.5. The topological polar surface area (TPSA) is 59.6 Å². The van der Waals surface area contributed by atoms with Crippen molar-refractivity contribution < 1.29 is 4.74 Å². The van der Waals surface area contributed by atoms with E-state index >= 15 is 0 Å². The molecule has 1 atom stereocenters. The van der Waals surface area contributed by atoms with Crippen molar-refractivity contribution in [1.29, 1.82) is 0 Å². The summed E-state index contributed by atoms with van der Waals surface area (Å²) < 4.78 is 5.50. The SMILES string of the molecule is NC(=NCC1CCCO1)NCCC1=CCCCC1. The van der Waals surface area contributed by atoms with Crippen molar-refractivity contribution in [1.82, 2.24) is 5.32 Å². The molecular weight excluding hydrogens is 226 g/mol. The van der Waals surface area contributed by atoms with E-state index in [1.165, 1.54) is 25.7 Å². The molecule has 18 heavy (non-hydrogen) atoms. The Morgan fingerprint density at radius 2 is 2.39 bits per heavy atom. The fourth-order valence-electron chi connectivity index (χ4n) is 2.53. The van der Waals surface area contributed by atoms with Crippen LogP contribution in [0.5, 0.6) is 0 Å². The normalized spacial score (nSPS) is 25.0. The molecule has 3 N–H and O–H groups in total. The lowest BCUT2D eigenvalue weighted by molar-refractivity contribution is 0.118. The average molecular weight is 251 g/mol. The molecule has 2 rings (SSSR count). The van der Waals surface area contributed by atoms with Gasteiger partial charge in [0, 0.05) is 13.2 Å². The molecule has 1 aliphatic carbocycles. The van der Waals surface area contributed by atoms with Gasteiger partial charge in [0.2, 0.25) is 0 Å². The van der Waals surface area contributed by atoms with Crippen LogP contribution in [0.25, 0.3) is 0 Å². The molecule has 0 aromatic heterocycles. The van der Waals surface area contributed by atoms with Gasteiger partial charge in [0.25, 0.3) is 0 Å². The summed E-state index contributed by atoms with van der Waals surface area (Å²) in [5.41, 5.74) is 7.40. The molecule has 1 heterocycles. The van der Waals surface area contributed by atoms with Crippen molar-refractivity contribution in [3.8, 4) is 0 Å². The highest BCUT2D eigenvalue weighted by molar-refractivity contribution is 5.77. The Morgan fingerprint density at radius 3 is 3.11 bits per heavy atom. The largest absolute Gasteiger partial charge is 0.376 e. The monoisotopic (exact) mass is 251 g/mol. The number of nitrogens with two attached hydrogens (primary N) is 1. The zero-order chi connectivity index (χ0) is 12.6. The van der Waals surface area contributed by atoms with Crippen molar-refractivity contribution in [3.63, 3.8) is 0 Å². The molecule has 4 nitrogen and oxygen atoms in total. The smallest absolute Gasteiger partial charge is 0.188 e. The molecule has 0 aromatic rings. The van der Waals surface area contributed by atoms with Crippen molar-refractivity contribution >= 4 is 5.96 Å². The third kappa shape index (κ3) is 4.69. The molecule has 4 heteroatoms. The summed E-state index contributed by atoms with van der Waals surface area (Å²) >= 11 is 0. The van der Waals surface area contributed by atoms with Gasteiger partial charge in [-0.25, -0.2) is 0 Å². The summed E-state index contributed by atoms with van der Waals surface area (Å²) in [5.74, 6) is 0.557. The Kier molecular flexibility index (Phi) is 5.52. The molecule has 1 aliphatic heterocycles. The molecule has 0 radical (unpaired) electrons. The van der Waals surface area contributed by atoms with Gasteiger partial charge in [-0.15, -0.1) is 0 Å². The van der Waals surface area contributed by atoms with Gasteiger partial charge in [-0.05, 0) is 44.9 Å². The standard InChI is InChI=1S/C14H25N3O/c15-14(17-11-13-7-4-10-18-13)16-9-8-12-5-2-1-3-6-12/h5,13H,1-4,6-11H2,(H3,15,16,17). The number of guanidine groups is 1. The number of nitrogens with zero attached hydrogens (tertiary/aromatic N) is 1. The second-order valence-corrected chi connectivity index (χ2v) is 5.15. The Balaban J connectivity index is 1.59. The first-order valence-electron chi connectivity index (χ1n) is 7.18. The maximum absolute atomic E-state index is 5.83. The summed E-state index contributed by atoms with van der Waals surface area (Å²) in [7, 11) is 0. The lowest BCUT2D eigenvalue weighted by Crippen LogP contribution is -2.33. The van der Waals surface area contributed by atoms with Gasteiger partial charge in [-0.2, -0.15) is 0 Å². The van der Waals surface area contributed by atoms with E-state index in [2.05, 4.69) is 16.4 Å². The first-order chi connectivity index (χ1) is 8.84. The van der Waals surface area contributed by atoms with E-state index in [4.69, 9.17) is 10.5 Å². The molecule has 102 valence electrons. The van der Waals surface area contributed by atoms with Crippen LogP contribution < -0.4 is 11.1 Å². The van der Waals surface area contributed by atoms with Crippen LogP contribution in [0.2, 0.25) is 0 Å². The molecule has 0 aromatic carbocycles. The van der Waals surface area contributed by atoms with Gasteiger partial charge < -0.3 is 15.8 Å². The van der Waals surface area contributed by atoms with Crippen LogP contribution in [0.3, 0.4) is 0 Å². The summed E-state index contributed by atoms with van der Waals surface area (Å²) in [6.45, 7) is 2.47. The first-order valence-corrected chi connectivity index (χ1v) is 7.18. The van der Waals surface area contributed by atoms with Crippen LogP contribution >= 0.6 is 0 Å². The van der Waals surface area contributed by atoms with Crippen molar-refractivity contribution in [2.24, 2.45) is 10.7 Å². The Morgan fingerprint density at radius 1 is 1.44 bits per heavy atom. The maximum Gasteiger partial charge on any atom is 0.188 e. The number of nitrogens with one attached hydrogen (secondary N) is 1. The molecule has 2 aliphatic rings. The number of rotatable bonds is 5. The highest BCUT2D eigenvalue weighted by Gasteiger charge is 2.14. The number of ether oxygens (including phenoxy) is 1. The van der Waals surface area contributed by atoms with Gasteiger partial charge in [0.15, 0.2) is 5.96 Å². The van der Waals surface area contributed by atoms with Gasteiger partial charge in [0.1, 0.15) is 0 Å². The molecule has 0 saturated carbocycles. The molecule has 1 saturated heterocycles. The minimum Gasteiger partial charge on any atom is -0.376 e. The fourth-order valence-corrected chi connectivity index (χ4v) is 2.53. The van der Waals surface area contributed by atoms with Crippen molar-refractivity contribution in [2.75, 3.05) is 19.7 Å². The predicted molar refractivity (Wildman–Crippen MR) is 74.6 cm³/mol.